The van der Waals surface area contributed by atoms with E-state index in [4.69, 9.17) is 0 Å². The predicted molar refractivity (Wildman–Crippen MR) is 60.2 cm³/mol. The third kappa shape index (κ3) is 2.46. The zero-order chi connectivity index (χ0) is 11.4. The number of aromatic hydroxyl groups is 1. The molecule has 0 spiro atoms. The molecule has 1 aromatic rings. The van der Waals surface area contributed by atoms with Gasteiger partial charge in [0.2, 0.25) is 5.43 Å². The van der Waals surface area contributed by atoms with Crippen molar-refractivity contribution in [2.75, 3.05) is 0 Å². The molecule has 0 aliphatic carbocycles. The van der Waals surface area contributed by atoms with Crippen molar-refractivity contribution in [1.29, 1.82) is 0 Å². The van der Waals surface area contributed by atoms with Crippen molar-refractivity contribution in [1.82, 2.24) is 0 Å². The van der Waals surface area contributed by atoms with Crippen LogP contribution in [0.4, 0.5) is 0 Å². The van der Waals surface area contributed by atoms with Crippen molar-refractivity contribution < 1.29 is 5.11 Å². The van der Waals surface area contributed by atoms with Crippen LogP contribution >= 0.6 is 0 Å². The lowest BCUT2D eigenvalue weighted by Gasteiger charge is -2.13. The van der Waals surface area contributed by atoms with E-state index in [-0.39, 0.29) is 11.7 Å². The van der Waals surface area contributed by atoms with Crippen LogP contribution in [0.25, 0.3) is 0 Å². The average Bonchev–Trinajstić information content (AvgIpc) is 2.24. The highest BCUT2D eigenvalue weighted by molar-refractivity contribution is 5.40. The molecule has 0 aliphatic rings. The van der Waals surface area contributed by atoms with Gasteiger partial charge < -0.3 is 5.11 Å². The first kappa shape index (κ1) is 12.0. The second kappa shape index (κ2) is 5.10. The smallest absolute Gasteiger partial charge is 0.267 e. The number of hydrogen-bond donors (Lipinski definition) is 1. The van der Waals surface area contributed by atoms with Crippen molar-refractivity contribution in [2.45, 2.75) is 51.9 Å². The van der Waals surface area contributed by atoms with Crippen LogP contribution in [0.3, 0.4) is 0 Å². The third-order valence-corrected chi connectivity index (χ3v) is 2.90. The first-order valence-corrected chi connectivity index (χ1v) is 5.61. The van der Waals surface area contributed by atoms with Gasteiger partial charge in [0, 0.05) is 0 Å². The number of hydrogen-bond acceptors (Lipinski definition) is 3. The Morgan fingerprint density at radius 2 is 1.80 bits per heavy atom. The van der Waals surface area contributed by atoms with Crippen LogP contribution in [-0.2, 0) is 0 Å². The molecule has 0 fully saturated rings. The van der Waals surface area contributed by atoms with Gasteiger partial charge in [-0.05, 0) is 12.3 Å². The van der Waals surface area contributed by atoms with E-state index in [2.05, 4.69) is 6.92 Å². The summed E-state index contributed by atoms with van der Waals surface area (Å²) in [7, 11) is 0. The van der Waals surface area contributed by atoms with Gasteiger partial charge in [0.1, 0.15) is 0 Å². The molecule has 1 aromatic carbocycles. The normalized spacial score (nSPS) is 13.2. The van der Waals surface area contributed by atoms with Gasteiger partial charge in [-0.3, -0.25) is 9.59 Å². The summed E-state index contributed by atoms with van der Waals surface area (Å²) in [6, 6.07) is 0. The van der Waals surface area contributed by atoms with Gasteiger partial charge >= 0.3 is 0 Å². The molecule has 0 bridgehead atoms. The molecule has 1 rings (SSSR count). The maximum atomic E-state index is 11.1. The van der Waals surface area contributed by atoms with E-state index in [1.807, 2.05) is 6.92 Å². The standard InChI is InChI=1S/C12H18O3/c1-3-4-5-6-7-8(2)9-10(13)12(15)11(9)14/h8,13H,3-7H2,1-2H3. The second-order valence-corrected chi connectivity index (χ2v) is 4.17. The Morgan fingerprint density at radius 1 is 1.13 bits per heavy atom. The van der Waals surface area contributed by atoms with E-state index in [0.29, 0.717) is 5.56 Å². The van der Waals surface area contributed by atoms with Crippen molar-refractivity contribution in [3.8, 4) is 5.75 Å². The fourth-order valence-corrected chi connectivity index (χ4v) is 1.88. The molecule has 3 heteroatoms. The molecule has 3 nitrogen and oxygen atoms in total. The first-order chi connectivity index (χ1) is 7.09. The summed E-state index contributed by atoms with van der Waals surface area (Å²) in [6.07, 6.45) is 5.45. The van der Waals surface area contributed by atoms with Crippen molar-refractivity contribution >= 4 is 0 Å². The molecule has 0 saturated heterocycles. The minimum absolute atomic E-state index is 0.0204. The van der Waals surface area contributed by atoms with Crippen LogP contribution < -0.4 is 10.9 Å². The topological polar surface area (TPSA) is 54.4 Å². The van der Waals surface area contributed by atoms with Crippen molar-refractivity contribution in [3.63, 3.8) is 0 Å². The molecule has 0 heterocycles. The van der Waals surface area contributed by atoms with Crippen LogP contribution in [-0.4, -0.2) is 5.11 Å². The average molecular weight is 210 g/mol. The highest BCUT2D eigenvalue weighted by atomic mass is 16.3. The van der Waals surface area contributed by atoms with E-state index in [0.717, 1.165) is 19.3 Å². The maximum absolute atomic E-state index is 11.1. The Kier molecular flexibility index (Phi) is 4.06. The molecular weight excluding hydrogens is 192 g/mol. The third-order valence-electron chi connectivity index (χ3n) is 2.90. The number of unbranched alkanes of at least 4 members (excludes halogenated alkanes) is 3. The number of rotatable bonds is 6. The summed E-state index contributed by atoms with van der Waals surface area (Å²) < 4.78 is 0. The molecular formula is C12H18O3. The zero-order valence-electron chi connectivity index (χ0n) is 9.38. The largest absolute Gasteiger partial charge is 0.504 e. The minimum atomic E-state index is -0.717. The quantitative estimate of drug-likeness (QED) is 0.577. The highest BCUT2D eigenvalue weighted by Gasteiger charge is 2.24. The Balaban J connectivity index is 2.45. The van der Waals surface area contributed by atoms with Crippen LogP contribution in [0.1, 0.15) is 57.4 Å². The van der Waals surface area contributed by atoms with E-state index < -0.39 is 10.9 Å². The molecule has 0 saturated carbocycles. The van der Waals surface area contributed by atoms with Crippen LogP contribution in [0.2, 0.25) is 0 Å². The van der Waals surface area contributed by atoms with E-state index in [1.165, 1.54) is 12.8 Å². The monoisotopic (exact) mass is 210 g/mol. The summed E-state index contributed by atoms with van der Waals surface area (Å²) in [5.41, 5.74) is -0.864. The molecule has 84 valence electrons. The summed E-state index contributed by atoms with van der Waals surface area (Å²) in [5, 5.41) is 9.23. The summed E-state index contributed by atoms with van der Waals surface area (Å²) in [5.74, 6) is -0.282. The first-order valence-electron chi connectivity index (χ1n) is 5.61. The van der Waals surface area contributed by atoms with Gasteiger partial charge in [0.25, 0.3) is 5.43 Å². The molecule has 1 atom stereocenters. The van der Waals surface area contributed by atoms with Gasteiger partial charge in [-0.25, -0.2) is 0 Å². The fraction of sp³-hybridized carbons (Fsp3) is 0.667. The van der Waals surface area contributed by atoms with Crippen LogP contribution in [0, 0.1) is 0 Å². The van der Waals surface area contributed by atoms with E-state index in [1.54, 1.807) is 0 Å². The van der Waals surface area contributed by atoms with Gasteiger partial charge in [0.15, 0.2) is 5.75 Å². The Labute approximate surface area is 89.4 Å². The fourth-order valence-electron chi connectivity index (χ4n) is 1.88. The predicted octanol–water partition coefficient (Wildman–Crippen LogP) is 2.06. The van der Waals surface area contributed by atoms with E-state index in [9.17, 15) is 14.7 Å². The zero-order valence-corrected chi connectivity index (χ0v) is 9.38. The maximum Gasteiger partial charge on any atom is 0.267 e. The second-order valence-electron chi connectivity index (χ2n) is 4.17. The van der Waals surface area contributed by atoms with Crippen molar-refractivity contribution in [3.05, 3.63) is 26.0 Å². The summed E-state index contributed by atoms with van der Waals surface area (Å²) in [4.78, 5) is 21.9. The molecule has 0 amide bonds. The Hall–Kier alpha value is -1.12. The summed E-state index contributed by atoms with van der Waals surface area (Å²) in [6.45, 7) is 4.04. The van der Waals surface area contributed by atoms with Crippen LogP contribution in [0.15, 0.2) is 9.59 Å². The molecule has 1 unspecified atom stereocenters. The summed E-state index contributed by atoms with van der Waals surface area (Å²) >= 11 is 0. The van der Waals surface area contributed by atoms with Gasteiger partial charge in [-0.15, -0.1) is 0 Å². The Morgan fingerprint density at radius 3 is 2.33 bits per heavy atom. The molecule has 0 aromatic heterocycles. The lowest BCUT2D eigenvalue weighted by molar-refractivity contribution is 0.441. The van der Waals surface area contributed by atoms with E-state index >= 15 is 0 Å². The lowest BCUT2D eigenvalue weighted by Crippen LogP contribution is -2.35. The molecule has 1 N–H and O–H groups in total. The van der Waals surface area contributed by atoms with Gasteiger partial charge in [-0.2, -0.15) is 0 Å². The molecule has 0 aliphatic heterocycles. The van der Waals surface area contributed by atoms with Crippen molar-refractivity contribution in [2.24, 2.45) is 0 Å². The van der Waals surface area contributed by atoms with Gasteiger partial charge in [0.05, 0.1) is 5.56 Å². The lowest BCUT2D eigenvalue weighted by atomic mass is 9.91. The Bertz CT molecular complexity index is 385. The SMILES string of the molecule is CCCCCCC(C)c1c(O)c(=O)c1=O. The highest BCUT2D eigenvalue weighted by Crippen LogP contribution is 2.25. The molecule has 0 radical (unpaired) electrons. The van der Waals surface area contributed by atoms with Crippen LogP contribution in [0.5, 0.6) is 5.75 Å². The minimum Gasteiger partial charge on any atom is -0.504 e. The van der Waals surface area contributed by atoms with Gasteiger partial charge in [-0.1, -0.05) is 39.5 Å². The molecule has 15 heavy (non-hydrogen) atoms.